The van der Waals surface area contributed by atoms with Gasteiger partial charge in [0.2, 0.25) is 5.91 Å². The molecular formula is C22H27N3O. The van der Waals surface area contributed by atoms with Crippen LogP contribution in [0, 0.1) is 5.41 Å². The fourth-order valence-corrected chi connectivity index (χ4v) is 4.72. The Kier molecular flexibility index (Phi) is 4.79. The molecule has 2 unspecified atom stereocenters. The van der Waals surface area contributed by atoms with Crippen LogP contribution in [-0.4, -0.2) is 41.9 Å². The van der Waals surface area contributed by atoms with E-state index in [-0.39, 0.29) is 11.9 Å². The predicted octanol–water partition coefficient (Wildman–Crippen LogP) is 2.81. The summed E-state index contributed by atoms with van der Waals surface area (Å²) in [5, 5.41) is 0. The molecule has 1 spiro atoms. The number of primary amides is 1. The van der Waals surface area contributed by atoms with Crippen molar-refractivity contribution in [2.75, 3.05) is 26.2 Å². The van der Waals surface area contributed by atoms with Crippen molar-refractivity contribution in [2.45, 2.75) is 25.4 Å². The third-order valence-electron chi connectivity index (χ3n) is 5.98. The lowest BCUT2D eigenvalue weighted by Gasteiger charge is -2.29. The van der Waals surface area contributed by atoms with Crippen molar-refractivity contribution < 1.29 is 4.79 Å². The molecule has 1 amide bonds. The molecule has 2 atom stereocenters. The number of nitrogens with zero attached hydrogens (tertiary/aromatic N) is 2. The van der Waals surface area contributed by atoms with E-state index in [9.17, 15) is 4.79 Å². The van der Waals surface area contributed by atoms with E-state index < -0.39 is 0 Å². The molecule has 2 aliphatic rings. The molecule has 2 fully saturated rings. The van der Waals surface area contributed by atoms with E-state index in [0.717, 1.165) is 44.7 Å². The molecule has 4 rings (SSSR count). The maximum Gasteiger partial charge on any atom is 0.239 e. The third kappa shape index (κ3) is 3.53. The molecule has 26 heavy (non-hydrogen) atoms. The second-order valence-electron chi connectivity index (χ2n) is 7.88. The molecule has 0 aromatic heterocycles. The number of carbonyl (C=O) groups excluding carboxylic acids is 1. The van der Waals surface area contributed by atoms with Crippen molar-refractivity contribution in [3.8, 4) is 0 Å². The molecular weight excluding hydrogens is 322 g/mol. The molecule has 0 aliphatic carbocycles. The molecule has 136 valence electrons. The number of likely N-dealkylation sites (tertiary alicyclic amines) is 2. The lowest BCUT2D eigenvalue weighted by atomic mass is 9.86. The SMILES string of the molecule is NC(=O)C(c1ccccc1)N1CCC2(CCN(Cc3ccccc3)C2)C1. The average molecular weight is 349 g/mol. The molecule has 0 radical (unpaired) electrons. The molecule has 2 N–H and O–H groups in total. The van der Waals surface area contributed by atoms with E-state index in [1.165, 1.54) is 12.0 Å². The Morgan fingerprint density at radius 2 is 1.62 bits per heavy atom. The van der Waals surface area contributed by atoms with Crippen LogP contribution in [0.15, 0.2) is 60.7 Å². The number of nitrogens with two attached hydrogens (primary N) is 1. The van der Waals surface area contributed by atoms with Crippen molar-refractivity contribution in [1.82, 2.24) is 9.80 Å². The van der Waals surface area contributed by atoms with Crippen LogP contribution in [0.2, 0.25) is 0 Å². The van der Waals surface area contributed by atoms with Gasteiger partial charge in [-0.1, -0.05) is 60.7 Å². The standard InChI is InChI=1S/C22H27N3O/c23-21(26)20(19-9-5-2-6-10-19)25-14-12-22(17-25)11-13-24(16-22)15-18-7-3-1-4-8-18/h1-10,20H,11-17H2,(H2,23,26). The summed E-state index contributed by atoms with van der Waals surface area (Å²) in [6.45, 7) is 5.16. The van der Waals surface area contributed by atoms with Gasteiger partial charge in [-0.3, -0.25) is 14.6 Å². The minimum absolute atomic E-state index is 0.243. The summed E-state index contributed by atoms with van der Waals surface area (Å²) in [4.78, 5) is 17.0. The number of hydrogen-bond donors (Lipinski definition) is 1. The Labute approximate surface area is 155 Å². The largest absolute Gasteiger partial charge is 0.368 e. The van der Waals surface area contributed by atoms with Crippen LogP contribution in [0.5, 0.6) is 0 Å². The van der Waals surface area contributed by atoms with Gasteiger partial charge in [0.1, 0.15) is 6.04 Å². The van der Waals surface area contributed by atoms with Gasteiger partial charge >= 0.3 is 0 Å². The van der Waals surface area contributed by atoms with Crippen molar-refractivity contribution >= 4 is 5.91 Å². The van der Waals surface area contributed by atoms with Gasteiger partial charge in [0.05, 0.1) is 0 Å². The topological polar surface area (TPSA) is 49.6 Å². The van der Waals surface area contributed by atoms with Gasteiger partial charge in [0.25, 0.3) is 0 Å². The lowest BCUT2D eigenvalue weighted by Crippen LogP contribution is -2.38. The number of amides is 1. The lowest BCUT2D eigenvalue weighted by molar-refractivity contribution is -0.123. The molecule has 2 aromatic rings. The molecule has 0 bridgehead atoms. The van der Waals surface area contributed by atoms with Gasteiger partial charge in [0, 0.05) is 19.6 Å². The smallest absolute Gasteiger partial charge is 0.239 e. The highest BCUT2D eigenvalue weighted by molar-refractivity contribution is 5.81. The number of hydrogen-bond acceptors (Lipinski definition) is 3. The first kappa shape index (κ1) is 17.3. The fraction of sp³-hybridized carbons (Fsp3) is 0.409. The molecule has 4 heteroatoms. The summed E-state index contributed by atoms with van der Waals surface area (Å²) >= 11 is 0. The van der Waals surface area contributed by atoms with Crippen LogP contribution in [-0.2, 0) is 11.3 Å². The van der Waals surface area contributed by atoms with Crippen LogP contribution in [0.3, 0.4) is 0 Å². The zero-order valence-electron chi connectivity index (χ0n) is 15.2. The molecule has 2 heterocycles. The fourth-order valence-electron chi connectivity index (χ4n) is 4.72. The second kappa shape index (κ2) is 7.22. The molecule has 2 aliphatic heterocycles. The van der Waals surface area contributed by atoms with Crippen LogP contribution in [0.1, 0.15) is 30.0 Å². The van der Waals surface area contributed by atoms with E-state index >= 15 is 0 Å². The van der Waals surface area contributed by atoms with E-state index in [1.54, 1.807) is 0 Å². The molecule has 0 saturated carbocycles. The van der Waals surface area contributed by atoms with Gasteiger partial charge < -0.3 is 5.73 Å². The van der Waals surface area contributed by atoms with E-state index in [1.807, 2.05) is 30.3 Å². The zero-order valence-corrected chi connectivity index (χ0v) is 15.2. The monoisotopic (exact) mass is 349 g/mol. The Hall–Kier alpha value is -2.17. The first-order valence-electron chi connectivity index (χ1n) is 9.50. The van der Waals surface area contributed by atoms with Gasteiger partial charge in [-0.2, -0.15) is 0 Å². The van der Waals surface area contributed by atoms with Crippen molar-refractivity contribution in [3.63, 3.8) is 0 Å². The van der Waals surface area contributed by atoms with Crippen molar-refractivity contribution in [2.24, 2.45) is 11.1 Å². The average Bonchev–Trinajstić information content (AvgIpc) is 3.23. The van der Waals surface area contributed by atoms with Gasteiger partial charge in [-0.15, -0.1) is 0 Å². The maximum atomic E-state index is 12.2. The van der Waals surface area contributed by atoms with Crippen molar-refractivity contribution in [1.29, 1.82) is 0 Å². The van der Waals surface area contributed by atoms with E-state index in [4.69, 9.17) is 5.73 Å². The Balaban J connectivity index is 1.44. The quantitative estimate of drug-likeness (QED) is 0.903. The summed E-state index contributed by atoms with van der Waals surface area (Å²) in [5.41, 5.74) is 8.46. The Morgan fingerprint density at radius 1 is 0.962 bits per heavy atom. The molecule has 4 nitrogen and oxygen atoms in total. The summed E-state index contributed by atoms with van der Waals surface area (Å²) in [5.74, 6) is -0.243. The zero-order chi connectivity index (χ0) is 18.0. The molecule has 2 aromatic carbocycles. The van der Waals surface area contributed by atoms with E-state index in [2.05, 4.69) is 40.1 Å². The van der Waals surface area contributed by atoms with Crippen LogP contribution < -0.4 is 5.73 Å². The minimum atomic E-state index is -0.307. The molecule has 2 saturated heterocycles. The van der Waals surface area contributed by atoms with Crippen LogP contribution in [0.25, 0.3) is 0 Å². The highest BCUT2D eigenvalue weighted by atomic mass is 16.1. The van der Waals surface area contributed by atoms with Gasteiger partial charge in [0.15, 0.2) is 0 Å². The Morgan fingerprint density at radius 3 is 2.31 bits per heavy atom. The minimum Gasteiger partial charge on any atom is -0.368 e. The van der Waals surface area contributed by atoms with Crippen LogP contribution in [0.4, 0.5) is 0 Å². The number of rotatable bonds is 5. The summed E-state index contributed by atoms with van der Waals surface area (Å²) in [6, 6.07) is 20.3. The predicted molar refractivity (Wildman–Crippen MR) is 103 cm³/mol. The highest BCUT2D eigenvalue weighted by Crippen LogP contribution is 2.42. The second-order valence-corrected chi connectivity index (χ2v) is 7.88. The Bertz CT molecular complexity index is 748. The summed E-state index contributed by atoms with van der Waals surface area (Å²) in [7, 11) is 0. The highest BCUT2D eigenvalue weighted by Gasteiger charge is 2.45. The maximum absolute atomic E-state index is 12.2. The van der Waals surface area contributed by atoms with Gasteiger partial charge in [-0.05, 0) is 42.5 Å². The van der Waals surface area contributed by atoms with Crippen molar-refractivity contribution in [3.05, 3.63) is 71.8 Å². The van der Waals surface area contributed by atoms with E-state index in [0.29, 0.717) is 5.41 Å². The van der Waals surface area contributed by atoms with Gasteiger partial charge in [-0.25, -0.2) is 0 Å². The third-order valence-corrected chi connectivity index (χ3v) is 5.98. The number of benzene rings is 2. The number of carbonyl (C=O) groups is 1. The first-order valence-corrected chi connectivity index (χ1v) is 9.50. The summed E-state index contributed by atoms with van der Waals surface area (Å²) in [6.07, 6.45) is 2.35. The normalized spacial score (nSPS) is 24.9. The van der Waals surface area contributed by atoms with Crippen LogP contribution >= 0.6 is 0 Å². The first-order chi connectivity index (χ1) is 12.7. The summed E-state index contributed by atoms with van der Waals surface area (Å²) < 4.78 is 0.